The highest BCUT2D eigenvalue weighted by Gasteiger charge is 2.22. The largest absolute Gasteiger partial charge is 0.478 e. The van der Waals surface area contributed by atoms with Crippen LogP contribution in [0.25, 0.3) is 0 Å². The van der Waals surface area contributed by atoms with Crippen LogP contribution in [0.1, 0.15) is 10.4 Å². The highest BCUT2D eigenvalue weighted by Crippen LogP contribution is 2.24. The van der Waals surface area contributed by atoms with Crippen molar-refractivity contribution in [1.82, 2.24) is 0 Å². The molecule has 0 atom stereocenters. The first-order valence-electron chi connectivity index (χ1n) is 5.72. The number of nitrogens with one attached hydrogen (secondary N) is 1. The maximum atomic E-state index is 13.6. The molecule has 2 aromatic rings. The number of halogens is 3. The molecule has 5 nitrogen and oxygen atoms in total. The van der Waals surface area contributed by atoms with Gasteiger partial charge in [-0.1, -0.05) is 17.7 Å². The van der Waals surface area contributed by atoms with Crippen LogP contribution in [0.3, 0.4) is 0 Å². The smallest absolute Gasteiger partial charge is 0.337 e. The topological polar surface area (TPSA) is 83.5 Å². The number of carboxylic acid groups (broad SMARTS) is 1. The number of aromatic carboxylic acids is 1. The normalized spacial score (nSPS) is 11.2. The molecule has 0 fully saturated rings. The van der Waals surface area contributed by atoms with Crippen molar-refractivity contribution in [3.63, 3.8) is 0 Å². The molecule has 0 saturated heterocycles. The van der Waals surface area contributed by atoms with E-state index in [9.17, 15) is 22.0 Å². The summed E-state index contributed by atoms with van der Waals surface area (Å²) >= 11 is 5.66. The van der Waals surface area contributed by atoms with Crippen molar-refractivity contribution in [3.8, 4) is 0 Å². The van der Waals surface area contributed by atoms with Gasteiger partial charge >= 0.3 is 5.97 Å². The zero-order valence-corrected chi connectivity index (χ0v) is 12.3. The average molecular weight is 348 g/mol. The van der Waals surface area contributed by atoms with Crippen LogP contribution in [0.4, 0.5) is 14.5 Å². The van der Waals surface area contributed by atoms with E-state index in [0.717, 1.165) is 24.3 Å². The van der Waals surface area contributed by atoms with E-state index in [4.69, 9.17) is 16.7 Å². The molecule has 0 spiro atoms. The molecule has 2 N–H and O–H groups in total. The van der Waals surface area contributed by atoms with E-state index >= 15 is 0 Å². The van der Waals surface area contributed by atoms with Crippen LogP contribution in [-0.2, 0) is 10.0 Å². The third kappa shape index (κ3) is 3.18. The van der Waals surface area contributed by atoms with Crippen molar-refractivity contribution in [2.24, 2.45) is 0 Å². The second kappa shape index (κ2) is 5.90. The van der Waals surface area contributed by atoms with E-state index in [2.05, 4.69) is 0 Å². The van der Waals surface area contributed by atoms with Gasteiger partial charge in [-0.05, 0) is 30.3 Å². The summed E-state index contributed by atoms with van der Waals surface area (Å²) < 4.78 is 52.7. The number of hydrogen-bond acceptors (Lipinski definition) is 3. The van der Waals surface area contributed by atoms with Crippen molar-refractivity contribution < 1.29 is 27.1 Å². The molecule has 0 amide bonds. The number of carboxylic acids is 1. The summed E-state index contributed by atoms with van der Waals surface area (Å²) in [5.74, 6) is -4.20. The molecule has 116 valence electrons. The standard InChI is InChI=1S/C13H8ClF2NO4S/c14-9-5-4-7(6-8(9)13(18)19)17-22(20,21)11-3-1-2-10(15)12(11)16/h1-6,17H,(H,18,19). The molecule has 0 aromatic heterocycles. The zero-order valence-electron chi connectivity index (χ0n) is 10.7. The summed E-state index contributed by atoms with van der Waals surface area (Å²) in [7, 11) is -4.42. The SMILES string of the molecule is O=C(O)c1cc(NS(=O)(=O)c2cccc(F)c2F)ccc1Cl. The Morgan fingerprint density at radius 3 is 2.50 bits per heavy atom. The maximum Gasteiger partial charge on any atom is 0.337 e. The van der Waals surface area contributed by atoms with Crippen LogP contribution in [0.15, 0.2) is 41.3 Å². The molecule has 0 aliphatic rings. The molecule has 0 unspecified atom stereocenters. The van der Waals surface area contributed by atoms with Gasteiger partial charge in [0, 0.05) is 5.69 Å². The lowest BCUT2D eigenvalue weighted by Gasteiger charge is -2.10. The molecular formula is C13H8ClF2NO4S. The van der Waals surface area contributed by atoms with Gasteiger partial charge in [-0.15, -0.1) is 0 Å². The number of rotatable bonds is 4. The van der Waals surface area contributed by atoms with Gasteiger partial charge < -0.3 is 5.11 Å². The minimum absolute atomic E-state index is 0.0904. The molecule has 0 saturated carbocycles. The van der Waals surface area contributed by atoms with Gasteiger partial charge in [0.05, 0.1) is 10.6 Å². The van der Waals surface area contributed by atoms with Crippen LogP contribution in [-0.4, -0.2) is 19.5 Å². The minimum Gasteiger partial charge on any atom is -0.478 e. The summed E-state index contributed by atoms with van der Waals surface area (Å²) in [6, 6.07) is 6.04. The lowest BCUT2D eigenvalue weighted by atomic mass is 10.2. The van der Waals surface area contributed by atoms with Crippen molar-refractivity contribution in [2.75, 3.05) is 4.72 Å². The molecular weight excluding hydrogens is 340 g/mol. The Kier molecular flexibility index (Phi) is 4.34. The van der Waals surface area contributed by atoms with Gasteiger partial charge in [-0.3, -0.25) is 4.72 Å². The second-order valence-electron chi connectivity index (χ2n) is 4.16. The first kappa shape index (κ1) is 16.2. The number of anilines is 1. The van der Waals surface area contributed by atoms with E-state index in [1.54, 1.807) is 0 Å². The summed E-state index contributed by atoms with van der Waals surface area (Å²) in [6.45, 7) is 0. The summed E-state index contributed by atoms with van der Waals surface area (Å²) in [5.41, 5.74) is -0.480. The molecule has 2 rings (SSSR count). The van der Waals surface area contributed by atoms with Gasteiger partial charge in [0.1, 0.15) is 4.90 Å². The van der Waals surface area contributed by atoms with Crippen LogP contribution in [0.2, 0.25) is 5.02 Å². The molecule has 0 heterocycles. The summed E-state index contributed by atoms with van der Waals surface area (Å²) in [4.78, 5) is 10.0. The van der Waals surface area contributed by atoms with Gasteiger partial charge in [-0.2, -0.15) is 0 Å². The Bertz CT molecular complexity index is 855. The van der Waals surface area contributed by atoms with E-state index in [1.807, 2.05) is 4.72 Å². The summed E-state index contributed by atoms with van der Waals surface area (Å²) in [5, 5.41) is 8.82. The van der Waals surface area contributed by atoms with Gasteiger partial charge in [0.2, 0.25) is 0 Å². The van der Waals surface area contributed by atoms with Crippen molar-refractivity contribution in [3.05, 3.63) is 58.6 Å². The van der Waals surface area contributed by atoms with E-state index in [1.165, 1.54) is 12.1 Å². The van der Waals surface area contributed by atoms with Gasteiger partial charge in [-0.25, -0.2) is 22.0 Å². The predicted molar refractivity (Wildman–Crippen MR) is 75.6 cm³/mol. The number of benzene rings is 2. The van der Waals surface area contributed by atoms with Crippen LogP contribution in [0.5, 0.6) is 0 Å². The van der Waals surface area contributed by atoms with Crippen LogP contribution < -0.4 is 4.72 Å². The number of sulfonamides is 1. The molecule has 2 aromatic carbocycles. The third-order valence-electron chi connectivity index (χ3n) is 2.65. The van der Waals surface area contributed by atoms with E-state index in [0.29, 0.717) is 0 Å². The lowest BCUT2D eigenvalue weighted by Crippen LogP contribution is -2.15. The van der Waals surface area contributed by atoms with Crippen molar-refractivity contribution >= 4 is 33.3 Å². The first-order valence-corrected chi connectivity index (χ1v) is 7.58. The highest BCUT2D eigenvalue weighted by atomic mass is 35.5. The fourth-order valence-electron chi connectivity index (χ4n) is 1.65. The third-order valence-corrected chi connectivity index (χ3v) is 4.38. The maximum absolute atomic E-state index is 13.6. The number of hydrogen-bond donors (Lipinski definition) is 2. The molecule has 0 bridgehead atoms. The molecule has 0 aliphatic carbocycles. The average Bonchev–Trinajstić information content (AvgIpc) is 2.43. The second-order valence-corrected chi connectivity index (χ2v) is 6.22. The van der Waals surface area contributed by atoms with E-state index < -0.39 is 32.5 Å². The number of carbonyl (C=O) groups is 1. The Labute approximate surface area is 129 Å². The Morgan fingerprint density at radius 2 is 1.86 bits per heavy atom. The fraction of sp³-hybridized carbons (Fsp3) is 0. The first-order chi connectivity index (χ1) is 10.2. The van der Waals surface area contributed by atoms with E-state index in [-0.39, 0.29) is 16.3 Å². The van der Waals surface area contributed by atoms with Crippen molar-refractivity contribution in [2.45, 2.75) is 4.90 Å². The quantitative estimate of drug-likeness (QED) is 0.890. The fourth-order valence-corrected chi connectivity index (χ4v) is 2.99. The molecule has 9 heteroatoms. The molecule has 0 radical (unpaired) electrons. The molecule has 0 aliphatic heterocycles. The molecule has 22 heavy (non-hydrogen) atoms. The van der Waals surface area contributed by atoms with Gasteiger partial charge in [0.25, 0.3) is 10.0 Å². The van der Waals surface area contributed by atoms with Gasteiger partial charge in [0.15, 0.2) is 11.6 Å². The minimum atomic E-state index is -4.42. The Hall–Kier alpha value is -2.19. The summed E-state index contributed by atoms with van der Waals surface area (Å²) in [6.07, 6.45) is 0. The highest BCUT2D eigenvalue weighted by molar-refractivity contribution is 7.92. The van der Waals surface area contributed by atoms with Crippen molar-refractivity contribution in [1.29, 1.82) is 0 Å². The van der Waals surface area contributed by atoms with Crippen LogP contribution in [0, 0.1) is 11.6 Å². The lowest BCUT2D eigenvalue weighted by molar-refractivity contribution is 0.0697. The Balaban J connectivity index is 2.43. The monoisotopic (exact) mass is 347 g/mol. The zero-order chi connectivity index (χ0) is 16.5. The van der Waals surface area contributed by atoms with Crippen LogP contribution >= 0.6 is 11.6 Å². The predicted octanol–water partition coefficient (Wildman–Crippen LogP) is 3.12. The Morgan fingerprint density at radius 1 is 1.18 bits per heavy atom.